The average molecular weight is 261 g/mol. The van der Waals surface area contributed by atoms with E-state index in [2.05, 4.69) is 13.1 Å². The molecule has 0 saturated heterocycles. The number of hydroxylamine groups is 2. The fourth-order valence-corrected chi connectivity index (χ4v) is 3.84. The smallest absolute Gasteiger partial charge is 0.141 e. The number of hydrogen-bond acceptors (Lipinski definition) is 3. The zero-order chi connectivity index (χ0) is 13.4. The first-order chi connectivity index (χ1) is 9.22. The summed E-state index contributed by atoms with van der Waals surface area (Å²) in [5, 5.41) is 1.79. The van der Waals surface area contributed by atoms with Crippen LogP contribution in [0.25, 0.3) is 0 Å². The molecule has 2 atom stereocenters. The van der Waals surface area contributed by atoms with E-state index >= 15 is 0 Å². The molecule has 1 saturated carbocycles. The molecule has 0 aromatic carbocycles. The molecular weight excluding hydrogens is 238 g/mol. The minimum Gasteiger partial charge on any atom is -0.495 e. The van der Waals surface area contributed by atoms with E-state index in [0.29, 0.717) is 5.92 Å². The molecule has 1 heterocycles. The lowest BCUT2D eigenvalue weighted by Gasteiger charge is -2.36. The second-order valence-electron chi connectivity index (χ2n) is 5.92. The Labute approximate surface area is 115 Å². The standard InChI is InChI=1S/C16H23NO2/c1-11-7-12-5-4-6-14-15(18-2)10-17(19-3)9-13(8-11)16(12)14/h9-12H,4-8H2,1-3H3. The molecule has 3 heteroatoms. The number of ether oxygens (including phenoxy) is 1. The maximum Gasteiger partial charge on any atom is 0.141 e. The molecule has 104 valence electrons. The predicted molar refractivity (Wildman–Crippen MR) is 74.8 cm³/mol. The summed E-state index contributed by atoms with van der Waals surface area (Å²) >= 11 is 0. The molecule has 1 aliphatic heterocycles. The first-order valence-corrected chi connectivity index (χ1v) is 7.25. The van der Waals surface area contributed by atoms with Crippen LogP contribution < -0.4 is 0 Å². The number of nitrogens with zero attached hydrogens (tertiary/aromatic N) is 1. The summed E-state index contributed by atoms with van der Waals surface area (Å²) in [5.41, 5.74) is 4.41. The lowest BCUT2D eigenvalue weighted by molar-refractivity contribution is -0.0472. The van der Waals surface area contributed by atoms with E-state index in [1.807, 2.05) is 6.20 Å². The molecule has 0 spiro atoms. The van der Waals surface area contributed by atoms with Gasteiger partial charge >= 0.3 is 0 Å². The van der Waals surface area contributed by atoms with Crippen LogP contribution in [0.4, 0.5) is 0 Å². The molecule has 0 N–H and O–H groups in total. The Morgan fingerprint density at radius 3 is 2.84 bits per heavy atom. The van der Waals surface area contributed by atoms with Crippen molar-refractivity contribution in [3.63, 3.8) is 0 Å². The molecular formula is C16H23NO2. The van der Waals surface area contributed by atoms with Crippen molar-refractivity contribution in [2.24, 2.45) is 11.8 Å². The van der Waals surface area contributed by atoms with Gasteiger partial charge in [-0.05, 0) is 60.7 Å². The Morgan fingerprint density at radius 2 is 2.11 bits per heavy atom. The molecule has 2 aliphatic carbocycles. The molecule has 2 unspecified atom stereocenters. The highest BCUT2D eigenvalue weighted by atomic mass is 16.7. The van der Waals surface area contributed by atoms with Crippen LogP contribution in [0, 0.1) is 11.8 Å². The van der Waals surface area contributed by atoms with Gasteiger partial charge in [-0.1, -0.05) is 6.92 Å². The number of methoxy groups -OCH3 is 1. The van der Waals surface area contributed by atoms with Crippen LogP contribution in [0.2, 0.25) is 0 Å². The molecule has 3 aliphatic rings. The highest BCUT2D eigenvalue weighted by Gasteiger charge is 2.34. The second-order valence-corrected chi connectivity index (χ2v) is 5.92. The van der Waals surface area contributed by atoms with Gasteiger partial charge in [0.25, 0.3) is 0 Å². The maximum atomic E-state index is 5.61. The fraction of sp³-hybridized carbons (Fsp3) is 0.625. The molecule has 19 heavy (non-hydrogen) atoms. The van der Waals surface area contributed by atoms with Crippen LogP contribution in [0.5, 0.6) is 0 Å². The summed E-state index contributed by atoms with van der Waals surface area (Å²) in [5.74, 6) is 2.46. The maximum absolute atomic E-state index is 5.61. The van der Waals surface area contributed by atoms with E-state index in [0.717, 1.165) is 24.5 Å². The Balaban J connectivity index is 2.10. The molecule has 3 rings (SSSR count). The van der Waals surface area contributed by atoms with Crippen molar-refractivity contribution in [2.75, 3.05) is 14.2 Å². The second kappa shape index (κ2) is 5.04. The zero-order valence-corrected chi connectivity index (χ0v) is 12.1. The van der Waals surface area contributed by atoms with Gasteiger partial charge in [0.1, 0.15) is 5.76 Å². The van der Waals surface area contributed by atoms with Gasteiger partial charge in [-0.2, -0.15) is 0 Å². The predicted octanol–water partition coefficient (Wildman–Crippen LogP) is 3.76. The van der Waals surface area contributed by atoms with Crippen molar-refractivity contribution in [1.82, 2.24) is 5.06 Å². The van der Waals surface area contributed by atoms with Crippen molar-refractivity contribution in [1.29, 1.82) is 0 Å². The van der Waals surface area contributed by atoms with Gasteiger partial charge in [0.15, 0.2) is 0 Å². The van der Waals surface area contributed by atoms with Gasteiger partial charge in [-0.3, -0.25) is 4.84 Å². The monoisotopic (exact) mass is 261 g/mol. The van der Waals surface area contributed by atoms with Gasteiger partial charge in [0, 0.05) is 6.20 Å². The van der Waals surface area contributed by atoms with E-state index in [4.69, 9.17) is 9.57 Å². The van der Waals surface area contributed by atoms with Crippen molar-refractivity contribution < 1.29 is 9.57 Å². The normalized spacial score (nSPS) is 30.4. The summed E-state index contributed by atoms with van der Waals surface area (Å²) in [6.45, 7) is 2.36. The Hall–Kier alpha value is -1.22. The third-order valence-corrected chi connectivity index (χ3v) is 4.57. The summed E-state index contributed by atoms with van der Waals surface area (Å²) in [6, 6.07) is 0. The fourth-order valence-electron chi connectivity index (χ4n) is 3.84. The van der Waals surface area contributed by atoms with Gasteiger partial charge in [0.2, 0.25) is 0 Å². The summed E-state index contributed by atoms with van der Waals surface area (Å²) < 4.78 is 5.61. The van der Waals surface area contributed by atoms with E-state index in [1.54, 1.807) is 24.9 Å². The van der Waals surface area contributed by atoms with E-state index in [1.165, 1.54) is 30.4 Å². The van der Waals surface area contributed by atoms with Crippen molar-refractivity contribution in [3.05, 3.63) is 34.9 Å². The van der Waals surface area contributed by atoms with Crippen LogP contribution in [-0.2, 0) is 9.57 Å². The Kier molecular flexibility index (Phi) is 3.40. The van der Waals surface area contributed by atoms with E-state index in [9.17, 15) is 0 Å². The van der Waals surface area contributed by atoms with Crippen molar-refractivity contribution >= 4 is 0 Å². The average Bonchev–Trinajstić information content (AvgIpc) is 2.56. The van der Waals surface area contributed by atoms with Crippen LogP contribution in [0.15, 0.2) is 34.9 Å². The van der Waals surface area contributed by atoms with Crippen LogP contribution >= 0.6 is 0 Å². The number of rotatable bonds is 2. The number of allylic oxidation sites excluding steroid dienone is 3. The largest absolute Gasteiger partial charge is 0.495 e. The third kappa shape index (κ3) is 2.20. The molecule has 0 bridgehead atoms. The Bertz CT molecular complexity index is 461. The van der Waals surface area contributed by atoms with Gasteiger partial charge in [-0.15, -0.1) is 0 Å². The minimum atomic E-state index is 0.717. The van der Waals surface area contributed by atoms with Crippen LogP contribution in [0.1, 0.15) is 39.0 Å². The third-order valence-electron chi connectivity index (χ3n) is 4.57. The lowest BCUT2D eigenvalue weighted by atomic mass is 9.69. The SMILES string of the molecule is COC1=CN(OC)C=C2CC(C)CC3CCCC1=C23. The molecule has 0 amide bonds. The lowest BCUT2D eigenvalue weighted by Crippen LogP contribution is -2.23. The zero-order valence-electron chi connectivity index (χ0n) is 12.1. The van der Waals surface area contributed by atoms with E-state index < -0.39 is 0 Å². The summed E-state index contributed by atoms with van der Waals surface area (Å²) in [4.78, 5) is 5.41. The summed E-state index contributed by atoms with van der Waals surface area (Å²) in [6.07, 6.45) is 10.3. The van der Waals surface area contributed by atoms with Crippen LogP contribution in [0.3, 0.4) is 0 Å². The van der Waals surface area contributed by atoms with Gasteiger partial charge in [-0.25, -0.2) is 5.06 Å². The first kappa shape index (κ1) is 12.8. The topological polar surface area (TPSA) is 21.7 Å². The molecule has 0 aromatic heterocycles. The van der Waals surface area contributed by atoms with Crippen molar-refractivity contribution in [3.8, 4) is 0 Å². The minimum absolute atomic E-state index is 0.717. The molecule has 1 fully saturated rings. The first-order valence-electron chi connectivity index (χ1n) is 7.25. The molecule has 3 nitrogen and oxygen atoms in total. The quantitative estimate of drug-likeness (QED) is 0.755. The van der Waals surface area contributed by atoms with Crippen molar-refractivity contribution in [2.45, 2.75) is 39.0 Å². The van der Waals surface area contributed by atoms with E-state index in [-0.39, 0.29) is 0 Å². The summed E-state index contributed by atoms with van der Waals surface area (Å²) in [7, 11) is 3.46. The van der Waals surface area contributed by atoms with Gasteiger partial charge < -0.3 is 4.74 Å². The number of hydrogen-bond donors (Lipinski definition) is 0. The molecule has 0 aromatic rings. The highest BCUT2D eigenvalue weighted by molar-refractivity contribution is 5.48. The molecule has 0 radical (unpaired) electrons. The van der Waals surface area contributed by atoms with Crippen LogP contribution in [-0.4, -0.2) is 19.3 Å². The Morgan fingerprint density at radius 1 is 1.26 bits per heavy atom. The van der Waals surface area contributed by atoms with Gasteiger partial charge in [0.05, 0.1) is 20.4 Å². The highest BCUT2D eigenvalue weighted by Crippen LogP contribution is 2.47.